The fraction of sp³-hybridized carbons (Fsp3) is 0.800. The van der Waals surface area contributed by atoms with Gasteiger partial charge in [0.05, 0.1) is 18.4 Å². The number of likely N-dealkylation sites (N-methyl/N-ethyl adjacent to an activating group) is 1. The standard InChI is InChI=1S/C15H28N4O/c1-12-13(14(20-5)19(4)17-12)10-16-11-15(18(2)3)8-6-7-9-15/h16H,6-11H2,1-5H3. The molecule has 1 aromatic rings. The zero-order valence-electron chi connectivity index (χ0n) is 13.5. The number of hydrogen-bond acceptors (Lipinski definition) is 4. The van der Waals surface area contributed by atoms with E-state index in [1.807, 2.05) is 18.7 Å². The Morgan fingerprint density at radius 2 is 2.00 bits per heavy atom. The molecule has 1 aromatic heterocycles. The SMILES string of the molecule is COc1c(CNCC2(N(C)C)CCCC2)c(C)nn1C. The van der Waals surface area contributed by atoms with Crippen molar-refractivity contribution in [3.8, 4) is 5.88 Å². The Labute approximate surface area is 122 Å². The lowest BCUT2D eigenvalue weighted by molar-refractivity contribution is 0.153. The molecule has 0 radical (unpaired) electrons. The molecule has 1 heterocycles. The first-order chi connectivity index (χ1) is 9.50. The van der Waals surface area contributed by atoms with Gasteiger partial charge in [0.1, 0.15) is 0 Å². The van der Waals surface area contributed by atoms with Crippen molar-refractivity contribution >= 4 is 0 Å². The molecule has 2 rings (SSSR count). The Morgan fingerprint density at radius 1 is 1.35 bits per heavy atom. The van der Waals surface area contributed by atoms with Crippen LogP contribution in [0.25, 0.3) is 0 Å². The highest BCUT2D eigenvalue weighted by molar-refractivity contribution is 5.30. The second kappa shape index (κ2) is 6.14. The Hall–Kier alpha value is -1.07. The van der Waals surface area contributed by atoms with Crippen molar-refractivity contribution in [1.29, 1.82) is 0 Å². The van der Waals surface area contributed by atoms with Crippen LogP contribution in [0.15, 0.2) is 0 Å². The molecular formula is C15H28N4O. The molecule has 0 aliphatic heterocycles. The van der Waals surface area contributed by atoms with Gasteiger partial charge in [-0.15, -0.1) is 0 Å². The van der Waals surface area contributed by atoms with Crippen molar-refractivity contribution in [1.82, 2.24) is 20.0 Å². The molecule has 114 valence electrons. The van der Waals surface area contributed by atoms with E-state index < -0.39 is 0 Å². The van der Waals surface area contributed by atoms with Crippen molar-refractivity contribution in [2.45, 2.75) is 44.7 Å². The van der Waals surface area contributed by atoms with Gasteiger partial charge in [0, 0.05) is 25.7 Å². The van der Waals surface area contributed by atoms with E-state index in [9.17, 15) is 0 Å². The Balaban J connectivity index is 1.99. The second-order valence-electron chi connectivity index (χ2n) is 6.13. The summed E-state index contributed by atoms with van der Waals surface area (Å²) in [7, 11) is 8.03. The first-order valence-corrected chi connectivity index (χ1v) is 7.45. The third-order valence-electron chi connectivity index (χ3n) is 4.72. The fourth-order valence-corrected chi connectivity index (χ4v) is 3.38. The first-order valence-electron chi connectivity index (χ1n) is 7.45. The number of aromatic nitrogens is 2. The van der Waals surface area contributed by atoms with Crippen LogP contribution in [0.3, 0.4) is 0 Å². The van der Waals surface area contributed by atoms with E-state index >= 15 is 0 Å². The van der Waals surface area contributed by atoms with Crippen LogP contribution >= 0.6 is 0 Å². The maximum Gasteiger partial charge on any atom is 0.216 e. The van der Waals surface area contributed by atoms with Gasteiger partial charge in [-0.05, 0) is 33.9 Å². The van der Waals surface area contributed by atoms with E-state index in [1.54, 1.807) is 7.11 Å². The molecule has 0 aromatic carbocycles. The first kappa shape index (κ1) is 15.3. The largest absolute Gasteiger partial charge is 0.481 e. The van der Waals surface area contributed by atoms with Crippen LogP contribution in [-0.2, 0) is 13.6 Å². The monoisotopic (exact) mass is 280 g/mol. The second-order valence-corrected chi connectivity index (χ2v) is 6.13. The molecule has 0 amide bonds. The van der Waals surface area contributed by atoms with Crippen LogP contribution in [0.5, 0.6) is 5.88 Å². The topological polar surface area (TPSA) is 42.3 Å². The highest BCUT2D eigenvalue weighted by Crippen LogP contribution is 2.33. The van der Waals surface area contributed by atoms with Crippen LogP contribution in [-0.4, -0.2) is 48.0 Å². The van der Waals surface area contributed by atoms with E-state index in [-0.39, 0.29) is 0 Å². The predicted molar refractivity (Wildman–Crippen MR) is 81.1 cm³/mol. The van der Waals surface area contributed by atoms with Crippen LogP contribution in [0.4, 0.5) is 0 Å². The third kappa shape index (κ3) is 2.83. The molecular weight excluding hydrogens is 252 g/mol. The number of ether oxygens (including phenoxy) is 1. The Morgan fingerprint density at radius 3 is 2.55 bits per heavy atom. The summed E-state index contributed by atoms with van der Waals surface area (Å²) in [5.74, 6) is 0.861. The van der Waals surface area contributed by atoms with E-state index in [1.165, 1.54) is 31.2 Å². The van der Waals surface area contributed by atoms with Crippen LogP contribution in [0.1, 0.15) is 36.9 Å². The molecule has 1 saturated carbocycles. The lowest BCUT2D eigenvalue weighted by Crippen LogP contribution is -2.49. The van der Waals surface area contributed by atoms with Crippen molar-refractivity contribution in [3.05, 3.63) is 11.3 Å². The highest BCUT2D eigenvalue weighted by atomic mass is 16.5. The van der Waals surface area contributed by atoms with Gasteiger partial charge in [0.25, 0.3) is 0 Å². The number of nitrogens with zero attached hydrogens (tertiary/aromatic N) is 3. The Bertz CT molecular complexity index is 447. The molecule has 5 heteroatoms. The molecule has 1 aliphatic rings. The molecule has 0 bridgehead atoms. The van der Waals surface area contributed by atoms with Crippen molar-refractivity contribution in [2.75, 3.05) is 27.7 Å². The van der Waals surface area contributed by atoms with E-state index in [0.29, 0.717) is 5.54 Å². The maximum absolute atomic E-state index is 5.44. The summed E-state index contributed by atoms with van der Waals surface area (Å²) < 4.78 is 7.25. The smallest absolute Gasteiger partial charge is 0.216 e. The van der Waals surface area contributed by atoms with Gasteiger partial charge >= 0.3 is 0 Å². The minimum Gasteiger partial charge on any atom is -0.481 e. The van der Waals surface area contributed by atoms with E-state index in [2.05, 4.69) is 29.4 Å². The predicted octanol–water partition coefficient (Wildman–Crippen LogP) is 1.70. The number of methoxy groups -OCH3 is 1. The fourth-order valence-electron chi connectivity index (χ4n) is 3.38. The lowest BCUT2D eigenvalue weighted by atomic mass is 9.96. The average molecular weight is 280 g/mol. The van der Waals surface area contributed by atoms with Gasteiger partial charge in [0.15, 0.2) is 0 Å². The summed E-state index contributed by atoms with van der Waals surface area (Å²) in [5.41, 5.74) is 2.53. The number of aryl methyl sites for hydroxylation is 2. The minimum atomic E-state index is 0.323. The summed E-state index contributed by atoms with van der Waals surface area (Å²) in [4.78, 5) is 2.39. The summed E-state index contributed by atoms with van der Waals surface area (Å²) in [6.07, 6.45) is 5.26. The van der Waals surface area contributed by atoms with Gasteiger partial charge < -0.3 is 15.0 Å². The summed E-state index contributed by atoms with van der Waals surface area (Å²) in [5, 5.41) is 8.05. The summed E-state index contributed by atoms with van der Waals surface area (Å²) >= 11 is 0. The van der Waals surface area contributed by atoms with Crippen molar-refractivity contribution < 1.29 is 4.74 Å². The van der Waals surface area contributed by atoms with Gasteiger partial charge in [-0.2, -0.15) is 5.10 Å². The van der Waals surface area contributed by atoms with Gasteiger partial charge in [-0.3, -0.25) is 0 Å². The third-order valence-corrected chi connectivity index (χ3v) is 4.72. The van der Waals surface area contributed by atoms with E-state index in [4.69, 9.17) is 4.74 Å². The van der Waals surface area contributed by atoms with Gasteiger partial charge in [0.2, 0.25) is 5.88 Å². The highest BCUT2D eigenvalue weighted by Gasteiger charge is 2.35. The zero-order valence-corrected chi connectivity index (χ0v) is 13.5. The number of nitrogens with one attached hydrogen (secondary N) is 1. The van der Waals surface area contributed by atoms with Crippen molar-refractivity contribution in [3.63, 3.8) is 0 Å². The molecule has 20 heavy (non-hydrogen) atoms. The molecule has 0 saturated heterocycles. The average Bonchev–Trinajstić information content (AvgIpc) is 2.96. The van der Waals surface area contributed by atoms with Crippen LogP contribution in [0, 0.1) is 6.92 Å². The Kier molecular flexibility index (Phi) is 4.70. The summed E-state index contributed by atoms with van der Waals surface area (Å²) in [6, 6.07) is 0. The lowest BCUT2D eigenvalue weighted by Gasteiger charge is -2.36. The minimum absolute atomic E-state index is 0.323. The van der Waals surface area contributed by atoms with Crippen LogP contribution in [0.2, 0.25) is 0 Å². The molecule has 1 aliphatic carbocycles. The summed E-state index contributed by atoms with van der Waals surface area (Å²) in [6.45, 7) is 3.88. The number of hydrogen-bond donors (Lipinski definition) is 1. The van der Waals surface area contributed by atoms with Crippen molar-refractivity contribution in [2.24, 2.45) is 7.05 Å². The molecule has 1 fully saturated rings. The maximum atomic E-state index is 5.44. The number of rotatable bonds is 6. The molecule has 1 N–H and O–H groups in total. The van der Waals surface area contributed by atoms with Gasteiger partial charge in [-0.1, -0.05) is 12.8 Å². The molecule has 5 nitrogen and oxygen atoms in total. The molecule has 0 unspecified atom stereocenters. The molecule has 0 atom stereocenters. The quantitative estimate of drug-likeness (QED) is 0.861. The zero-order chi connectivity index (χ0) is 14.8. The normalized spacial score (nSPS) is 17.9. The van der Waals surface area contributed by atoms with Gasteiger partial charge in [-0.25, -0.2) is 4.68 Å². The van der Waals surface area contributed by atoms with E-state index in [0.717, 1.165) is 24.7 Å². The molecule has 0 spiro atoms. The van der Waals surface area contributed by atoms with Crippen LogP contribution < -0.4 is 10.1 Å².